The van der Waals surface area contributed by atoms with Crippen LogP contribution >= 0.6 is 0 Å². The van der Waals surface area contributed by atoms with E-state index >= 15 is 0 Å². The summed E-state index contributed by atoms with van der Waals surface area (Å²) in [5.74, 6) is -2.49. The Kier molecular flexibility index (Phi) is 3.88. The van der Waals surface area contributed by atoms with E-state index in [0.29, 0.717) is 18.2 Å². The minimum absolute atomic E-state index is 0.382. The number of carboxylic acids is 1. The lowest BCUT2D eigenvalue weighted by molar-refractivity contribution is -0.388. The van der Waals surface area contributed by atoms with E-state index in [1.54, 1.807) is 0 Å². The van der Waals surface area contributed by atoms with Crippen molar-refractivity contribution < 1.29 is 32.8 Å². The molecule has 0 saturated heterocycles. The predicted octanol–water partition coefficient (Wildman–Crippen LogP) is 2.27. The Balaban J connectivity index is 3.28. The minimum atomic E-state index is -4.93. The van der Waals surface area contributed by atoms with Gasteiger partial charge in [-0.2, -0.15) is 13.2 Å². The van der Waals surface area contributed by atoms with Crippen LogP contribution in [-0.4, -0.2) is 21.8 Å². The van der Waals surface area contributed by atoms with E-state index in [-0.39, 0.29) is 0 Å². The number of nitro benzene ring substituents is 1. The molecule has 1 aromatic carbocycles. The molecule has 0 unspecified atom stereocenters. The van der Waals surface area contributed by atoms with Crippen LogP contribution in [0.5, 0.6) is 0 Å². The number of carboxylic acid groups (broad SMARTS) is 1. The summed E-state index contributed by atoms with van der Waals surface area (Å²) in [5.41, 5.74) is -3.24. The van der Waals surface area contributed by atoms with Crippen molar-refractivity contribution in [3.8, 4) is 0 Å². The van der Waals surface area contributed by atoms with Gasteiger partial charge in [-0.1, -0.05) is 6.07 Å². The quantitative estimate of drug-likeness (QED) is 0.394. The van der Waals surface area contributed by atoms with Gasteiger partial charge in [-0.05, 0) is 6.07 Å². The van der Waals surface area contributed by atoms with Gasteiger partial charge in [0.05, 0.1) is 4.92 Å². The first-order chi connectivity index (χ1) is 8.62. The van der Waals surface area contributed by atoms with Crippen LogP contribution in [0.15, 0.2) is 18.2 Å². The average molecular weight is 277 g/mol. The fourth-order valence-corrected chi connectivity index (χ4v) is 1.34. The van der Waals surface area contributed by atoms with Crippen LogP contribution in [0.2, 0.25) is 0 Å². The molecule has 0 fully saturated rings. The summed E-state index contributed by atoms with van der Waals surface area (Å²) in [6.07, 6.45) is -5.89. The number of alkyl halides is 3. The number of rotatable bonds is 4. The molecule has 1 aromatic rings. The molecule has 0 saturated carbocycles. The van der Waals surface area contributed by atoms with Gasteiger partial charge in [0.2, 0.25) is 0 Å². The first-order valence-electron chi connectivity index (χ1n) is 4.73. The zero-order chi connectivity index (χ0) is 14.8. The molecular formula is C10H6F3NO5. The van der Waals surface area contributed by atoms with E-state index in [1.807, 2.05) is 0 Å². The maximum absolute atomic E-state index is 12.5. The van der Waals surface area contributed by atoms with Gasteiger partial charge in [0.25, 0.3) is 5.69 Å². The van der Waals surface area contributed by atoms with Crippen LogP contribution in [0, 0.1) is 10.1 Å². The maximum atomic E-state index is 12.5. The van der Waals surface area contributed by atoms with Crippen LogP contribution in [0.1, 0.15) is 22.3 Å². The van der Waals surface area contributed by atoms with Gasteiger partial charge in [-0.25, -0.2) is 0 Å². The summed E-state index contributed by atoms with van der Waals surface area (Å²) in [4.78, 5) is 30.9. The highest BCUT2D eigenvalue weighted by molar-refractivity contribution is 6.05. The molecule has 0 amide bonds. The normalized spacial score (nSPS) is 11.1. The molecule has 0 atom stereocenters. The Morgan fingerprint density at radius 2 is 1.89 bits per heavy atom. The van der Waals surface area contributed by atoms with Gasteiger partial charge in [0, 0.05) is 11.6 Å². The average Bonchev–Trinajstić information content (AvgIpc) is 2.25. The zero-order valence-corrected chi connectivity index (χ0v) is 9.10. The van der Waals surface area contributed by atoms with Crippen LogP contribution in [0.25, 0.3) is 0 Å². The molecule has 0 aliphatic carbocycles. The van der Waals surface area contributed by atoms with E-state index in [1.165, 1.54) is 0 Å². The van der Waals surface area contributed by atoms with Gasteiger partial charge in [0.1, 0.15) is 12.0 Å². The largest absolute Gasteiger partial charge is 0.481 e. The second-order valence-electron chi connectivity index (χ2n) is 3.48. The minimum Gasteiger partial charge on any atom is -0.481 e. The number of hydrogen-bond donors (Lipinski definition) is 1. The van der Waals surface area contributed by atoms with E-state index in [2.05, 4.69) is 0 Å². The first-order valence-corrected chi connectivity index (χ1v) is 4.73. The number of nitrogens with zero attached hydrogens (tertiary/aromatic N) is 1. The lowest BCUT2D eigenvalue weighted by Gasteiger charge is -2.08. The zero-order valence-electron chi connectivity index (χ0n) is 9.10. The molecule has 0 aliphatic heterocycles. The molecule has 0 bridgehead atoms. The molecule has 9 heteroatoms. The Labute approximate surface area is 103 Å². The lowest BCUT2D eigenvalue weighted by atomic mass is 10.0. The monoisotopic (exact) mass is 277 g/mol. The molecule has 0 spiro atoms. The van der Waals surface area contributed by atoms with Gasteiger partial charge < -0.3 is 5.11 Å². The van der Waals surface area contributed by atoms with Crippen molar-refractivity contribution in [1.82, 2.24) is 0 Å². The SMILES string of the molecule is O=C(O)CC(=O)c1ccc(C(F)(F)F)c([N+](=O)[O-])c1. The maximum Gasteiger partial charge on any atom is 0.422 e. The number of carbonyl (C=O) groups excluding carboxylic acids is 1. The molecule has 1 rings (SSSR count). The molecule has 102 valence electrons. The third-order valence-corrected chi connectivity index (χ3v) is 2.13. The van der Waals surface area contributed by atoms with Crippen LogP contribution in [0.4, 0.5) is 18.9 Å². The van der Waals surface area contributed by atoms with E-state index < -0.39 is 46.1 Å². The van der Waals surface area contributed by atoms with Gasteiger partial charge >= 0.3 is 12.1 Å². The Morgan fingerprint density at radius 1 is 1.32 bits per heavy atom. The Morgan fingerprint density at radius 3 is 2.32 bits per heavy atom. The first kappa shape index (κ1) is 14.6. The topological polar surface area (TPSA) is 97.5 Å². The van der Waals surface area contributed by atoms with Crippen molar-refractivity contribution in [3.05, 3.63) is 39.4 Å². The summed E-state index contributed by atoms with van der Waals surface area (Å²) in [5, 5.41) is 18.9. The second-order valence-corrected chi connectivity index (χ2v) is 3.48. The summed E-state index contributed by atoms with van der Waals surface area (Å²) in [6.45, 7) is 0. The van der Waals surface area contributed by atoms with Gasteiger partial charge in [0.15, 0.2) is 5.78 Å². The van der Waals surface area contributed by atoms with Crippen LogP contribution in [-0.2, 0) is 11.0 Å². The number of hydrogen-bond acceptors (Lipinski definition) is 4. The van der Waals surface area contributed by atoms with Crippen molar-refractivity contribution in [3.63, 3.8) is 0 Å². The third-order valence-electron chi connectivity index (χ3n) is 2.13. The number of Topliss-reactive ketones (excluding diaryl/α,β-unsaturated/α-hetero) is 1. The number of halogens is 3. The Bertz CT molecular complexity index is 553. The molecule has 0 aromatic heterocycles. The summed E-state index contributed by atoms with van der Waals surface area (Å²) in [7, 11) is 0. The molecule has 1 N–H and O–H groups in total. The van der Waals surface area contributed by atoms with E-state index in [9.17, 15) is 32.9 Å². The van der Waals surface area contributed by atoms with Crippen molar-refractivity contribution in [2.24, 2.45) is 0 Å². The van der Waals surface area contributed by atoms with Crippen molar-refractivity contribution in [2.45, 2.75) is 12.6 Å². The fourth-order valence-electron chi connectivity index (χ4n) is 1.34. The molecule has 6 nitrogen and oxygen atoms in total. The standard InChI is InChI=1S/C10H6F3NO5/c11-10(12,13)6-2-1-5(3-7(6)14(18)19)8(15)4-9(16)17/h1-3H,4H2,(H,16,17). The third kappa shape index (κ3) is 3.50. The summed E-state index contributed by atoms with van der Waals surface area (Å²) < 4.78 is 37.4. The Hall–Kier alpha value is -2.45. The predicted molar refractivity (Wildman–Crippen MR) is 54.7 cm³/mol. The molecule has 0 heterocycles. The molecular weight excluding hydrogens is 271 g/mol. The highest BCUT2D eigenvalue weighted by Crippen LogP contribution is 2.36. The fraction of sp³-hybridized carbons (Fsp3) is 0.200. The second kappa shape index (κ2) is 5.04. The number of carbonyl (C=O) groups is 2. The summed E-state index contributed by atoms with van der Waals surface area (Å²) >= 11 is 0. The molecule has 19 heavy (non-hydrogen) atoms. The van der Waals surface area contributed by atoms with Crippen LogP contribution < -0.4 is 0 Å². The van der Waals surface area contributed by atoms with E-state index in [4.69, 9.17) is 5.11 Å². The number of ketones is 1. The smallest absolute Gasteiger partial charge is 0.422 e. The molecule has 0 aliphatic rings. The van der Waals surface area contributed by atoms with Crippen molar-refractivity contribution in [1.29, 1.82) is 0 Å². The summed E-state index contributed by atoms with van der Waals surface area (Å²) in [6, 6.07) is 1.52. The lowest BCUT2D eigenvalue weighted by Crippen LogP contribution is -2.12. The van der Waals surface area contributed by atoms with E-state index in [0.717, 1.165) is 0 Å². The highest BCUT2D eigenvalue weighted by atomic mass is 19.4. The highest BCUT2D eigenvalue weighted by Gasteiger charge is 2.38. The van der Waals surface area contributed by atoms with Gasteiger partial charge in [-0.15, -0.1) is 0 Å². The number of benzene rings is 1. The van der Waals surface area contributed by atoms with Crippen LogP contribution in [0.3, 0.4) is 0 Å². The number of aliphatic carboxylic acids is 1. The van der Waals surface area contributed by atoms with Gasteiger partial charge in [-0.3, -0.25) is 19.7 Å². The van der Waals surface area contributed by atoms with Crippen molar-refractivity contribution in [2.75, 3.05) is 0 Å². The molecule has 0 radical (unpaired) electrons. The number of nitro groups is 1. The van der Waals surface area contributed by atoms with Crippen molar-refractivity contribution >= 4 is 17.4 Å².